The van der Waals surface area contributed by atoms with Gasteiger partial charge in [-0.25, -0.2) is 23.5 Å². The summed E-state index contributed by atoms with van der Waals surface area (Å²) in [5.74, 6) is -1.55. The monoisotopic (exact) mass is 444 g/mol. The molecule has 3 aromatic rings. The molecule has 168 valence electrons. The first kappa shape index (κ1) is 22.5. The van der Waals surface area contributed by atoms with Gasteiger partial charge < -0.3 is 24.5 Å². The molecule has 0 aliphatic carbocycles. The number of aromatic nitrogens is 3. The standard InChI is InChI=1S/C21H21FN4O6/c1-11-8-18(27)26(21(29)25(11)3)15-10-17(14(23)9-13(15)22)32-16-6-5-7-24-19(16)31-12(2)20(28)30-4/h5-10,12H,23H2,1-4H3. The molecule has 0 aliphatic rings. The number of carbonyl (C=O) groups is 1. The van der Waals surface area contributed by atoms with Crippen LogP contribution in [0.1, 0.15) is 12.6 Å². The molecule has 0 bridgehead atoms. The van der Waals surface area contributed by atoms with Gasteiger partial charge in [0.2, 0.25) is 0 Å². The Bertz CT molecular complexity index is 1300. The predicted molar refractivity (Wildman–Crippen MR) is 113 cm³/mol. The molecule has 3 rings (SSSR count). The first-order valence-electron chi connectivity index (χ1n) is 9.40. The fourth-order valence-corrected chi connectivity index (χ4v) is 2.82. The van der Waals surface area contributed by atoms with Crippen LogP contribution in [0, 0.1) is 12.7 Å². The first-order chi connectivity index (χ1) is 15.1. The lowest BCUT2D eigenvalue weighted by Gasteiger charge is -2.16. The summed E-state index contributed by atoms with van der Waals surface area (Å²) in [5, 5.41) is 0. The third kappa shape index (κ3) is 4.31. The number of hydrogen-bond acceptors (Lipinski definition) is 8. The number of nitrogens with two attached hydrogens (primary N) is 1. The van der Waals surface area contributed by atoms with Crippen molar-refractivity contribution >= 4 is 11.7 Å². The van der Waals surface area contributed by atoms with Gasteiger partial charge in [0.05, 0.1) is 18.5 Å². The Morgan fingerprint density at radius 3 is 2.62 bits per heavy atom. The van der Waals surface area contributed by atoms with Gasteiger partial charge in [0.15, 0.2) is 17.6 Å². The third-order valence-electron chi connectivity index (χ3n) is 4.66. The second kappa shape index (κ2) is 8.92. The Hall–Kier alpha value is -4.15. The number of benzene rings is 1. The van der Waals surface area contributed by atoms with Crippen LogP contribution in [0.2, 0.25) is 0 Å². The second-order valence-corrected chi connectivity index (χ2v) is 6.83. The summed E-state index contributed by atoms with van der Waals surface area (Å²) < 4.78 is 32.4. The van der Waals surface area contributed by atoms with E-state index in [4.69, 9.17) is 15.2 Å². The van der Waals surface area contributed by atoms with Gasteiger partial charge >= 0.3 is 11.7 Å². The summed E-state index contributed by atoms with van der Waals surface area (Å²) >= 11 is 0. The van der Waals surface area contributed by atoms with E-state index in [9.17, 15) is 18.8 Å². The van der Waals surface area contributed by atoms with Gasteiger partial charge in [-0.1, -0.05) is 0 Å². The Labute approximate surface area is 181 Å². The number of pyridine rings is 1. The lowest BCUT2D eigenvalue weighted by atomic mass is 10.2. The maximum absolute atomic E-state index is 14.7. The van der Waals surface area contributed by atoms with E-state index in [-0.39, 0.29) is 28.8 Å². The molecule has 1 unspecified atom stereocenters. The van der Waals surface area contributed by atoms with Gasteiger partial charge in [-0.3, -0.25) is 4.79 Å². The van der Waals surface area contributed by atoms with Crippen molar-refractivity contribution in [3.63, 3.8) is 0 Å². The van der Waals surface area contributed by atoms with E-state index < -0.39 is 29.1 Å². The molecule has 2 heterocycles. The summed E-state index contributed by atoms with van der Waals surface area (Å²) in [7, 11) is 2.68. The van der Waals surface area contributed by atoms with Crippen LogP contribution in [0.3, 0.4) is 0 Å². The summed E-state index contributed by atoms with van der Waals surface area (Å²) in [5.41, 5.74) is 4.43. The van der Waals surface area contributed by atoms with E-state index in [1.807, 2.05) is 0 Å². The molecule has 0 saturated heterocycles. The van der Waals surface area contributed by atoms with Crippen LogP contribution in [0.15, 0.2) is 46.1 Å². The molecule has 0 fully saturated rings. The minimum atomic E-state index is -0.979. The number of methoxy groups -OCH3 is 1. The zero-order valence-corrected chi connectivity index (χ0v) is 17.8. The lowest BCUT2D eigenvalue weighted by Crippen LogP contribution is -2.38. The largest absolute Gasteiger partial charge is 0.466 e. The molecule has 2 aromatic heterocycles. The maximum atomic E-state index is 14.7. The molecule has 0 spiro atoms. The van der Waals surface area contributed by atoms with Gasteiger partial charge in [0.25, 0.3) is 11.4 Å². The number of carbonyl (C=O) groups excluding carboxylic acids is 1. The Morgan fingerprint density at radius 2 is 1.94 bits per heavy atom. The highest BCUT2D eigenvalue weighted by molar-refractivity contribution is 5.74. The third-order valence-corrected chi connectivity index (χ3v) is 4.66. The fourth-order valence-electron chi connectivity index (χ4n) is 2.82. The Morgan fingerprint density at radius 1 is 1.22 bits per heavy atom. The zero-order valence-electron chi connectivity index (χ0n) is 17.8. The first-order valence-corrected chi connectivity index (χ1v) is 9.40. The molecule has 1 aromatic carbocycles. The summed E-state index contributed by atoms with van der Waals surface area (Å²) in [6, 6.07) is 6.31. The number of aryl methyl sites for hydroxylation is 1. The predicted octanol–water partition coefficient (Wildman–Crippen LogP) is 1.69. The van der Waals surface area contributed by atoms with E-state index in [0.29, 0.717) is 10.3 Å². The van der Waals surface area contributed by atoms with E-state index in [0.717, 1.165) is 12.1 Å². The quantitative estimate of drug-likeness (QED) is 0.449. The number of nitrogen functional groups attached to an aromatic ring is 1. The number of anilines is 1. The van der Waals surface area contributed by atoms with Gasteiger partial charge in [0, 0.05) is 37.1 Å². The Kier molecular flexibility index (Phi) is 6.28. The van der Waals surface area contributed by atoms with Crippen LogP contribution in [-0.2, 0) is 16.6 Å². The van der Waals surface area contributed by atoms with Crippen molar-refractivity contribution in [1.82, 2.24) is 14.1 Å². The topological polar surface area (TPSA) is 128 Å². The molecule has 11 heteroatoms. The van der Waals surface area contributed by atoms with Crippen molar-refractivity contribution in [2.24, 2.45) is 7.05 Å². The molecule has 2 N–H and O–H groups in total. The van der Waals surface area contributed by atoms with E-state index in [2.05, 4.69) is 9.72 Å². The molecule has 10 nitrogen and oxygen atoms in total. The van der Waals surface area contributed by atoms with Crippen molar-refractivity contribution in [3.8, 4) is 23.1 Å². The average molecular weight is 444 g/mol. The van der Waals surface area contributed by atoms with Crippen LogP contribution in [0.25, 0.3) is 5.69 Å². The molecular weight excluding hydrogens is 423 g/mol. The van der Waals surface area contributed by atoms with Crippen molar-refractivity contribution < 1.29 is 23.4 Å². The van der Waals surface area contributed by atoms with E-state index in [1.165, 1.54) is 44.0 Å². The maximum Gasteiger partial charge on any atom is 0.346 e. The van der Waals surface area contributed by atoms with Crippen LogP contribution < -0.4 is 26.5 Å². The minimum Gasteiger partial charge on any atom is -0.466 e. The molecule has 0 aliphatic heterocycles. The highest BCUT2D eigenvalue weighted by Gasteiger charge is 2.20. The van der Waals surface area contributed by atoms with Gasteiger partial charge in [-0.2, -0.15) is 0 Å². The van der Waals surface area contributed by atoms with E-state index in [1.54, 1.807) is 13.0 Å². The molecule has 0 saturated carbocycles. The van der Waals surface area contributed by atoms with Crippen molar-refractivity contribution in [3.05, 3.63) is 68.9 Å². The minimum absolute atomic E-state index is 0.0425. The van der Waals surface area contributed by atoms with Gasteiger partial charge in [-0.05, 0) is 26.0 Å². The Balaban J connectivity index is 2.07. The average Bonchev–Trinajstić information content (AvgIpc) is 2.75. The van der Waals surface area contributed by atoms with Gasteiger partial charge in [-0.15, -0.1) is 0 Å². The highest BCUT2D eigenvalue weighted by Crippen LogP contribution is 2.35. The highest BCUT2D eigenvalue weighted by atomic mass is 19.1. The molecule has 0 amide bonds. The smallest absolute Gasteiger partial charge is 0.346 e. The van der Waals surface area contributed by atoms with Crippen LogP contribution in [0.4, 0.5) is 10.1 Å². The molecule has 1 atom stereocenters. The lowest BCUT2D eigenvalue weighted by molar-refractivity contribution is -0.148. The zero-order chi connectivity index (χ0) is 23.6. The number of rotatable bonds is 6. The molecular formula is C21H21FN4O6. The number of halogens is 1. The number of esters is 1. The second-order valence-electron chi connectivity index (χ2n) is 6.83. The summed E-state index contributed by atoms with van der Waals surface area (Å²) in [4.78, 5) is 40.7. The van der Waals surface area contributed by atoms with Gasteiger partial charge in [0.1, 0.15) is 5.82 Å². The van der Waals surface area contributed by atoms with Crippen LogP contribution in [0.5, 0.6) is 17.4 Å². The number of ether oxygens (including phenoxy) is 3. The van der Waals surface area contributed by atoms with Crippen molar-refractivity contribution in [2.45, 2.75) is 20.0 Å². The molecule has 32 heavy (non-hydrogen) atoms. The SMILES string of the molecule is COC(=O)C(C)Oc1ncccc1Oc1cc(-n2c(=O)cc(C)n(C)c2=O)c(F)cc1N. The van der Waals surface area contributed by atoms with Crippen LogP contribution in [-0.4, -0.2) is 33.3 Å². The fraction of sp³-hybridized carbons (Fsp3) is 0.238. The summed E-state index contributed by atoms with van der Waals surface area (Å²) in [6.07, 6.45) is 0.439. The normalized spacial score (nSPS) is 11.7. The van der Waals surface area contributed by atoms with E-state index >= 15 is 0 Å². The van der Waals surface area contributed by atoms with Crippen LogP contribution >= 0.6 is 0 Å². The number of nitrogens with zero attached hydrogens (tertiary/aromatic N) is 3. The molecule has 0 radical (unpaired) electrons. The van der Waals surface area contributed by atoms with Crippen molar-refractivity contribution in [2.75, 3.05) is 12.8 Å². The van der Waals surface area contributed by atoms with Crippen molar-refractivity contribution in [1.29, 1.82) is 0 Å². The summed E-state index contributed by atoms with van der Waals surface area (Å²) in [6.45, 7) is 3.05. The number of hydrogen-bond donors (Lipinski definition) is 1.